The van der Waals surface area contributed by atoms with Crippen molar-refractivity contribution in [1.82, 2.24) is 29.5 Å². The second kappa shape index (κ2) is 16.7. The number of amides is 1. The molecule has 1 aliphatic carbocycles. The topological polar surface area (TPSA) is 116 Å². The van der Waals surface area contributed by atoms with Crippen LogP contribution in [-0.4, -0.2) is 81.8 Å². The van der Waals surface area contributed by atoms with Crippen LogP contribution in [0.5, 0.6) is 6.01 Å². The minimum Gasteiger partial charge on any atom is -0.459 e. The van der Waals surface area contributed by atoms with Gasteiger partial charge < -0.3 is 24.2 Å². The van der Waals surface area contributed by atoms with E-state index in [9.17, 15) is 10.1 Å². The Morgan fingerprint density at radius 3 is 2.42 bits per heavy atom. The highest BCUT2D eigenvalue weighted by Crippen LogP contribution is 2.49. The number of ether oxygens (including phenoxy) is 2. The van der Waals surface area contributed by atoms with Crippen LogP contribution in [0, 0.1) is 11.3 Å². The monoisotopic (exact) mass is 805 g/mol. The van der Waals surface area contributed by atoms with Gasteiger partial charge in [0.15, 0.2) is 5.69 Å². The number of nitriles is 1. The summed E-state index contributed by atoms with van der Waals surface area (Å²) in [4.78, 5) is 31.9. The maximum Gasteiger partial charge on any atom is 0.318 e. The number of carbonyl (C=O) groups excluding carboxylic acids is 1. The Morgan fingerprint density at radius 2 is 1.73 bits per heavy atom. The van der Waals surface area contributed by atoms with E-state index in [1.54, 1.807) is 19.0 Å². The van der Waals surface area contributed by atoms with Gasteiger partial charge in [-0.15, -0.1) is 0 Å². The molecule has 0 bridgehead atoms. The summed E-state index contributed by atoms with van der Waals surface area (Å²) < 4.78 is 15.9. The van der Waals surface area contributed by atoms with Crippen molar-refractivity contribution in [2.75, 3.05) is 44.0 Å². The molecule has 0 N–H and O–H groups in total. The Morgan fingerprint density at radius 1 is 0.983 bits per heavy atom. The molecule has 5 aromatic rings. The molecule has 4 aliphatic rings. The first-order valence-corrected chi connectivity index (χ1v) is 21.5. The lowest BCUT2D eigenvalue weighted by Gasteiger charge is -2.44. The number of benzene rings is 3. The van der Waals surface area contributed by atoms with Gasteiger partial charge in [0.25, 0.3) is 5.91 Å². The van der Waals surface area contributed by atoms with Crippen LogP contribution in [0.15, 0.2) is 78.9 Å². The number of likely N-dealkylation sites (tertiary alicyclic amines) is 1. The van der Waals surface area contributed by atoms with Crippen molar-refractivity contribution in [1.29, 1.82) is 5.26 Å². The van der Waals surface area contributed by atoms with Gasteiger partial charge in [-0.2, -0.15) is 20.3 Å². The molecule has 9 rings (SSSR count). The number of hydrogen-bond donors (Lipinski definition) is 0. The Kier molecular flexibility index (Phi) is 11.0. The van der Waals surface area contributed by atoms with Gasteiger partial charge in [-0.1, -0.05) is 66.7 Å². The maximum absolute atomic E-state index is 12.9. The quantitative estimate of drug-likeness (QED) is 0.146. The number of hydrogen-bond acceptors (Lipinski definition) is 10. The smallest absolute Gasteiger partial charge is 0.318 e. The summed E-state index contributed by atoms with van der Waals surface area (Å²) in [7, 11) is 5.67. The summed E-state index contributed by atoms with van der Waals surface area (Å²) in [5.74, 6) is 0.687. The van der Waals surface area contributed by atoms with Crippen LogP contribution in [0.25, 0.3) is 0 Å². The zero-order valence-corrected chi connectivity index (χ0v) is 35.3. The summed E-state index contributed by atoms with van der Waals surface area (Å²) in [6, 6.07) is 30.6. The lowest BCUT2D eigenvalue weighted by molar-refractivity contribution is -0.0857. The third kappa shape index (κ3) is 7.72. The first kappa shape index (κ1) is 39.7. The number of rotatable bonds is 10. The molecule has 3 atom stereocenters. The summed E-state index contributed by atoms with van der Waals surface area (Å²) in [6.07, 6.45) is 6.04. The first-order chi connectivity index (χ1) is 29.2. The van der Waals surface area contributed by atoms with Crippen LogP contribution in [0.2, 0.25) is 0 Å². The molecule has 12 heteroatoms. The standard InChI is InChI=1S/C48H55N9O3/c1-33(42-19-12-23-54(42)4)60-47-50-41-27-48(59-32-39(41)45(51-47)55-24-13-25-57-37(31-55)26-40(52-57)46(58)53(2)3)22-11-18-36-20-21-43(38(28-49)44(36)48)56(29-34-14-7-5-8-15-34)30-35-16-9-6-10-17-35/h5-10,14-17,20-21,26,33,42H,11-13,18-19,22-25,27,29-32H2,1-4H3/t33-,42-,48?/m0/s1. The molecule has 1 spiro atoms. The van der Waals surface area contributed by atoms with Crippen LogP contribution < -0.4 is 14.5 Å². The predicted octanol–water partition coefficient (Wildman–Crippen LogP) is 7.03. The predicted molar refractivity (Wildman–Crippen MR) is 231 cm³/mol. The SMILES string of the molecule is C[C@H](Oc1nc2c(c(N3CCCn4nc(C(=O)N(C)C)cc4C3)n1)COC1(CCCc3ccc(N(Cc4ccccc4)Cc4ccccc4)c(C#N)c31)C2)[C@@H]1CCCN1C. The molecule has 1 fully saturated rings. The molecule has 0 radical (unpaired) electrons. The number of carbonyl (C=O) groups is 1. The van der Waals surface area contributed by atoms with Gasteiger partial charge in [0.1, 0.15) is 23.6 Å². The van der Waals surface area contributed by atoms with Gasteiger partial charge in [-0.25, -0.2) is 0 Å². The Hall–Kier alpha value is -5.77. The molecule has 1 amide bonds. The fourth-order valence-electron chi connectivity index (χ4n) is 9.97. The average molecular weight is 806 g/mol. The van der Waals surface area contributed by atoms with Crippen molar-refractivity contribution < 1.29 is 14.3 Å². The van der Waals surface area contributed by atoms with Gasteiger partial charge in [0.2, 0.25) is 0 Å². The molecule has 12 nitrogen and oxygen atoms in total. The fourth-order valence-corrected chi connectivity index (χ4v) is 9.97. The number of aromatic nitrogens is 4. The normalized spacial score (nSPS) is 20.4. The highest BCUT2D eigenvalue weighted by Gasteiger charge is 2.45. The van der Waals surface area contributed by atoms with Crippen molar-refractivity contribution in [3.05, 3.63) is 129 Å². The van der Waals surface area contributed by atoms with Gasteiger partial charge in [0, 0.05) is 63.9 Å². The van der Waals surface area contributed by atoms with Crippen LogP contribution >= 0.6 is 0 Å². The third-order valence-corrected chi connectivity index (χ3v) is 13.0. The van der Waals surface area contributed by atoms with E-state index in [-0.39, 0.29) is 18.1 Å². The van der Waals surface area contributed by atoms with Crippen LogP contribution in [0.3, 0.4) is 0 Å². The average Bonchev–Trinajstić information content (AvgIpc) is 3.82. The highest BCUT2D eigenvalue weighted by molar-refractivity contribution is 5.92. The molecule has 310 valence electrons. The van der Waals surface area contributed by atoms with Gasteiger partial charge in [0.05, 0.1) is 35.8 Å². The Balaban J connectivity index is 1.12. The summed E-state index contributed by atoms with van der Waals surface area (Å²) in [6.45, 7) is 6.78. The van der Waals surface area contributed by atoms with Crippen LogP contribution in [-0.2, 0) is 56.0 Å². The first-order valence-electron chi connectivity index (χ1n) is 21.5. The molecular formula is C48H55N9O3. The fraction of sp³-hybridized carbons (Fsp3) is 0.438. The lowest BCUT2D eigenvalue weighted by Crippen LogP contribution is -2.42. The van der Waals surface area contributed by atoms with E-state index in [4.69, 9.17) is 24.5 Å². The van der Waals surface area contributed by atoms with Gasteiger partial charge in [-0.05, 0) is 87.9 Å². The Bertz CT molecular complexity index is 2350. The van der Waals surface area contributed by atoms with Crippen molar-refractivity contribution >= 4 is 17.4 Å². The van der Waals surface area contributed by atoms with E-state index in [0.717, 1.165) is 91.2 Å². The molecule has 5 heterocycles. The summed E-state index contributed by atoms with van der Waals surface area (Å²) >= 11 is 0. The van der Waals surface area contributed by atoms with Crippen molar-refractivity contribution in [3.63, 3.8) is 0 Å². The van der Waals surface area contributed by atoms with Crippen LogP contribution in [0.4, 0.5) is 11.5 Å². The number of fused-ring (bicyclic) bond motifs is 4. The van der Waals surface area contributed by atoms with E-state index >= 15 is 0 Å². The molecule has 0 saturated carbocycles. The molecule has 3 aliphatic heterocycles. The zero-order chi connectivity index (χ0) is 41.4. The van der Waals surface area contributed by atoms with Crippen molar-refractivity contribution in [2.45, 2.75) is 102 Å². The number of anilines is 2. The van der Waals surface area contributed by atoms with E-state index in [2.05, 4.69) is 95.4 Å². The minimum absolute atomic E-state index is 0.106. The molecule has 1 unspecified atom stereocenters. The largest absolute Gasteiger partial charge is 0.459 e. The maximum atomic E-state index is 12.9. The van der Waals surface area contributed by atoms with E-state index in [0.29, 0.717) is 56.5 Å². The highest BCUT2D eigenvalue weighted by atomic mass is 16.5. The Labute approximate surface area is 353 Å². The minimum atomic E-state index is -0.744. The molecule has 3 aromatic carbocycles. The number of aryl methyl sites for hydroxylation is 2. The van der Waals surface area contributed by atoms with Crippen LogP contribution in [0.1, 0.15) is 94.3 Å². The second-order valence-electron chi connectivity index (χ2n) is 17.2. The summed E-state index contributed by atoms with van der Waals surface area (Å²) in [5, 5.41) is 15.9. The molecule has 1 saturated heterocycles. The molecule has 60 heavy (non-hydrogen) atoms. The molecular weight excluding hydrogens is 751 g/mol. The van der Waals surface area contributed by atoms with E-state index in [1.807, 2.05) is 22.9 Å². The third-order valence-electron chi connectivity index (χ3n) is 13.0. The van der Waals surface area contributed by atoms with Crippen molar-refractivity contribution in [3.8, 4) is 12.1 Å². The number of nitrogens with zero attached hydrogens (tertiary/aromatic N) is 9. The van der Waals surface area contributed by atoms with Gasteiger partial charge in [-0.3, -0.25) is 14.4 Å². The number of likely N-dealkylation sites (N-methyl/N-ethyl adjacent to an activating group) is 1. The summed E-state index contributed by atoms with van der Waals surface area (Å²) in [5.41, 5.74) is 8.62. The van der Waals surface area contributed by atoms with Gasteiger partial charge >= 0.3 is 6.01 Å². The van der Waals surface area contributed by atoms with E-state index in [1.165, 1.54) is 11.1 Å². The second-order valence-corrected chi connectivity index (χ2v) is 17.2. The molecule has 2 aromatic heterocycles. The lowest BCUT2D eigenvalue weighted by atomic mass is 9.72. The zero-order valence-electron chi connectivity index (χ0n) is 35.3. The van der Waals surface area contributed by atoms with Crippen molar-refractivity contribution in [2.24, 2.45) is 0 Å². The van der Waals surface area contributed by atoms with E-state index < -0.39 is 5.60 Å².